The van der Waals surface area contributed by atoms with E-state index in [1.807, 2.05) is 23.1 Å². The highest BCUT2D eigenvalue weighted by Gasteiger charge is 2.46. The number of hydrogen-bond acceptors (Lipinski definition) is 3. The lowest BCUT2D eigenvalue weighted by Gasteiger charge is -2.39. The molecule has 1 aromatic carbocycles. The van der Waals surface area contributed by atoms with Crippen LogP contribution in [0, 0.1) is 0 Å². The SMILES string of the molecule is O=C(N1CCOC(c2cc(Cl)cc(Cl)c2)C1)C1(c2cccs2)CCCC1. The monoisotopic (exact) mass is 409 g/mol. The predicted molar refractivity (Wildman–Crippen MR) is 106 cm³/mol. The van der Waals surface area contributed by atoms with Gasteiger partial charge in [0.15, 0.2) is 0 Å². The van der Waals surface area contributed by atoms with Crippen molar-refractivity contribution in [2.45, 2.75) is 37.2 Å². The van der Waals surface area contributed by atoms with Gasteiger partial charge in [0.2, 0.25) is 5.91 Å². The first-order valence-corrected chi connectivity index (χ1v) is 10.6. The Morgan fingerprint density at radius 1 is 1.19 bits per heavy atom. The number of thiophene rings is 1. The van der Waals surface area contributed by atoms with Crippen LogP contribution in [-0.2, 0) is 14.9 Å². The summed E-state index contributed by atoms with van der Waals surface area (Å²) in [7, 11) is 0. The molecule has 0 N–H and O–H groups in total. The largest absolute Gasteiger partial charge is 0.370 e. The van der Waals surface area contributed by atoms with Crippen LogP contribution in [0.25, 0.3) is 0 Å². The quantitative estimate of drug-likeness (QED) is 0.672. The van der Waals surface area contributed by atoms with Crippen molar-refractivity contribution in [2.75, 3.05) is 19.7 Å². The van der Waals surface area contributed by atoms with E-state index in [4.69, 9.17) is 27.9 Å². The zero-order chi connectivity index (χ0) is 18.1. The van der Waals surface area contributed by atoms with Crippen molar-refractivity contribution in [3.05, 3.63) is 56.2 Å². The second-order valence-electron chi connectivity index (χ2n) is 7.08. The molecule has 0 spiro atoms. The Labute approximate surface area is 167 Å². The summed E-state index contributed by atoms with van der Waals surface area (Å²) in [5.74, 6) is 0.249. The summed E-state index contributed by atoms with van der Waals surface area (Å²) >= 11 is 14.0. The Balaban J connectivity index is 1.58. The number of halogens is 2. The number of amides is 1. The van der Waals surface area contributed by atoms with Gasteiger partial charge in [-0.05, 0) is 48.1 Å². The van der Waals surface area contributed by atoms with Gasteiger partial charge in [0.1, 0.15) is 6.10 Å². The van der Waals surface area contributed by atoms with Crippen molar-refractivity contribution < 1.29 is 9.53 Å². The fourth-order valence-electron chi connectivity index (χ4n) is 4.19. The van der Waals surface area contributed by atoms with Gasteiger partial charge < -0.3 is 9.64 Å². The van der Waals surface area contributed by atoms with E-state index in [0.29, 0.717) is 29.7 Å². The molecule has 1 aliphatic heterocycles. The van der Waals surface area contributed by atoms with E-state index in [-0.39, 0.29) is 17.4 Å². The summed E-state index contributed by atoms with van der Waals surface area (Å²) in [4.78, 5) is 16.7. The molecule has 26 heavy (non-hydrogen) atoms. The molecule has 1 unspecified atom stereocenters. The van der Waals surface area contributed by atoms with E-state index in [2.05, 4.69) is 11.4 Å². The third-order valence-electron chi connectivity index (χ3n) is 5.47. The summed E-state index contributed by atoms with van der Waals surface area (Å²) in [5.41, 5.74) is 0.582. The predicted octanol–water partition coefficient (Wildman–Crippen LogP) is 5.47. The molecule has 1 amide bonds. The first kappa shape index (κ1) is 18.3. The first-order chi connectivity index (χ1) is 12.6. The van der Waals surface area contributed by atoms with E-state index in [9.17, 15) is 4.79 Å². The van der Waals surface area contributed by atoms with E-state index in [1.165, 1.54) is 4.88 Å². The highest BCUT2D eigenvalue weighted by Crippen LogP contribution is 2.45. The number of benzene rings is 1. The van der Waals surface area contributed by atoms with Crippen molar-refractivity contribution in [3.63, 3.8) is 0 Å². The highest BCUT2D eigenvalue weighted by molar-refractivity contribution is 7.10. The number of hydrogen-bond donors (Lipinski definition) is 0. The van der Waals surface area contributed by atoms with Crippen molar-refractivity contribution in [1.29, 1.82) is 0 Å². The summed E-state index contributed by atoms with van der Waals surface area (Å²) in [6.07, 6.45) is 3.92. The van der Waals surface area contributed by atoms with Crippen molar-refractivity contribution in [3.8, 4) is 0 Å². The molecule has 2 heterocycles. The normalized spacial score (nSPS) is 22.5. The molecule has 2 aromatic rings. The molecule has 138 valence electrons. The van der Waals surface area contributed by atoms with Gasteiger partial charge in [0, 0.05) is 21.5 Å². The summed E-state index contributed by atoms with van der Waals surface area (Å²) in [6.45, 7) is 1.71. The number of carbonyl (C=O) groups excluding carboxylic acids is 1. The molecule has 0 bridgehead atoms. The van der Waals surface area contributed by atoms with Crippen LogP contribution >= 0.6 is 34.5 Å². The molecule has 2 aliphatic rings. The van der Waals surface area contributed by atoms with E-state index in [1.54, 1.807) is 17.4 Å². The molecule has 4 rings (SSSR count). The second kappa shape index (κ2) is 7.51. The minimum Gasteiger partial charge on any atom is -0.370 e. The molecule has 3 nitrogen and oxygen atoms in total. The van der Waals surface area contributed by atoms with Gasteiger partial charge in [-0.2, -0.15) is 0 Å². The summed E-state index contributed by atoms with van der Waals surface area (Å²) < 4.78 is 5.93. The van der Waals surface area contributed by atoms with Gasteiger partial charge in [-0.3, -0.25) is 4.79 Å². The molecular weight excluding hydrogens is 389 g/mol. The van der Waals surface area contributed by atoms with Crippen molar-refractivity contribution in [1.82, 2.24) is 4.90 Å². The lowest BCUT2D eigenvalue weighted by Crippen LogP contribution is -2.50. The minimum atomic E-state index is -0.345. The first-order valence-electron chi connectivity index (χ1n) is 8.99. The number of nitrogens with zero attached hydrogens (tertiary/aromatic N) is 1. The average Bonchev–Trinajstić information content (AvgIpc) is 3.32. The molecule has 0 radical (unpaired) electrons. The Morgan fingerprint density at radius 2 is 1.92 bits per heavy atom. The van der Waals surface area contributed by atoms with Crippen LogP contribution in [0.5, 0.6) is 0 Å². The molecule has 1 aromatic heterocycles. The Morgan fingerprint density at radius 3 is 2.58 bits per heavy atom. The average molecular weight is 410 g/mol. The number of rotatable bonds is 3. The van der Waals surface area contributed by atoms with Gasteiger partial charge in [0.05, 0.1) is 18.6 Å². The van der Waals surface area contributed by atoms with Gasteiger partial charge >= 0.3 is 0 Å². The smallest absolute Gasteiger partial charge is 0.234 e. The maximum absolute atomic E-state index is 13.6. The summed E-state index contributed by atoms with van der Waals surface area (Å²) in [5, 5.41) is 3.24. The van der Waals surface area contributed by atoms with Gasteiger partial charge in [-0.15, -0.1) is 11.3 Å². The van der Waals surface area contributed by atoms with Gasteiger partial charge in [0.25, 0.3) is 0 Å². The number of ether oxygens (including phenoxy) is 1. The zero-order valence-electron chi connectivity index (χ0n) is 14.4. The lowest BCUT2D eigenvalue weighted by molar-refractivity contribution is -0.145. The van der Waals surface area contributed by atoms with Gasteiger partial charge in [-0.25, -0.2) is 0 Å². The van der Waals surface area contributed by atoms with E-state index < -0.39 is 0 Å². The van der Waals surface area contributed by atoms with E-state index >= 15 is 0 Å². The van der Waals surface area contributed by atoms with Crippen LogP contribution in [-0.4, -0.2) is 30.5 Å². The van der Waals surface area contributed by atoms with Crippen LogP contribution in [0.2, 0.25) is 10.0 Å². The Kier molecular flexibility index (Phi) is 5.29. The maximum atomic E-state index is 13.6. The maximum Gasteiger partial charge on any atom is 0.234 e. The number of morpholine rings is 1. The van der Waals surface area contributed by atoms with Gasteiger partial charge in [-0.1, -0.05) is 42.1 Å². The Hall–Kier alpha value is -1.07. The lowest BCUT2D eigenvalue weighted by atomic mass is 9.82. The molecule has 1 saturated carbocycles. The minimum absolute atomic E-state index is 0.189. The molecular formula is C20H21Cl2NO2S. The molecule has 1 saturated heterocycles. The molecule has 2 fully saturated rings. The van der Waals surface area contributed by atoms with Crippen LogP contribution in [0.15, 0.2) is 35.7 Å². The van der Waals surface area contributed by atoms with Crippen molar-refractivity contribution >= 4 is 40.4 Å². The molecule has 1 aliphatic carbocycles. The summed E-state index contributed by atoms with van der Waals surface area (Å²) in [6, 6.07) is 9.61. The Bertz CT molecular complexity index is 767. The second-order valence-corrected chi connectivity index (χ2v) is 8.90. The fraction of sp³-hybridized carbons (Fsp3) is 0.450. The third-order valence-corrected chi connectivity index (χ3v) is 6.98. The third kappa shape index (κ3) is 3.40. The van der Waals surface area contributed by atoms with E-state index in [0.717, 1.165) is 31.2 Å². The topological polar surface area (TPSA) is 29.5 Å². The van der Waals surface area contributed by atoms with Crippen LogP contribution in [0.1, 0.15) is 42.2 Å². The standard InChI is InChI=1S/C20H21Cl2NO2S/c21-15-10-14(11-16(22)12-15)17-13-23(7-8-25-17)19(24)20(5-1-2-6-20)18-4-3-9-26-18/h3-4,9-12,17H,1-2,5-8,13H2. The van der Waals surface area contributed by atoms with Crippen LogP contribution in [0.4, 0.5) is 0 Å². The fourth-order valence-corrected chi connectivity index (χ4v) is 5.72. The molecule has 6 heteroatoms. The highest BCUT2D eigenvalue weighted by atomic mass is 35.5. The molecule has 1 atom stereocenters. The zero-order valence-corrected chi connectivity index (χ0v) is 16.7. The number of carbonyl (C=O) groups is 1. The van der Waals surface area contributed by atoms with Crippen molar-refractivity contribution in [2.24, 2.45) is 0 Å². The van der Waals surface area contributed by atoms with Crippen LogP contribution in [0.3, 0.4) is 0 Å². The van der Waals surface area contributed by atoms with Crippen LogP contribution < -0.4 is 0 Å².